The fraction of sp³-hybridized carbons (Fsp3) is 0.926. The Bertz CT molecular complexity index is 591. The van der Waals surface area contributed by atoms with Gasteiger partial charge in [0.15, 0.2) is 0 Å². The smallest absolute Gasteiger partial charge is 0.0755 e. The second-order valence-electron chi connectivity index (χ2n) is 12.1. The van der Waals surface area contributed by atoms with Gasteiger partial charge in [0.25, 0.3) is 0 Å². The molecule has 4 rings (SSSR count). The third kappa shape index (κ3) is 3.32. The molecule has 3 saturated carbocycles. The molecule has 0 amide bonds. The summed E-state index contributed by atoms with van der Waals surface area (Å²) in [6.45, 7) is 12.5. The molecule has 0 radical (unpaired) electrons. The van der Waals surface area contributed by atoms with Crippen molar-refractivity contribution < 1.29 is 5.11 Å². The third-order valence-corrected chi connectivity index (χ3v) is 10.3. The van der Waals surface area contributed by atoms with Crippen LogP contribution >= 0.6 is 0 Å². The minimum atomic E-state index is -0.148. The zero-order valence-corrected chi connectivity index (χ0v) is 19.3. The van der Waals surface area contributed by atoms with E-state index >= 15 is 0 Å². The van der Waals surface area contributed by atoms with Crippen LogP contribution in [0, 0.1) is 46.3 Å². The summed E-state index contributed by atoms with van der Waals surface area (Å²) in [6.07, 6.45) is 17.2. The lowest BCUT2D eigenvalue weighted by molar-refractivity contribution is -0.0590. The zero-order valence-electron chi connectivity index (χ0n) is 19.3. The molecule has 1 nitrogen and oxygen atoms in total. The first kappa shape index (κ1) is 21.0. The minimum Gasteiger partial charge on any atom is -0.389 e. The van der Waals surface area contributed by atoms with Crippen LogP contribution in [0.15, 0.2) is 11.6 Å². The van der Waals surface area contributed by atoms with Gasteiger partial charge in [0.05, 0.1) is 6.10 Å². The number of allylic oxidation sites excluding steroid dienone is 1. The topological polar surface area (TPSA) is 20.2 Å². The van der Waals surface area contributed by atoms with E-state index < -0.39 is 0 Å². The van der Waals surface area contributed by atoms with Gasteiger partial charge in [-0.25, -0.2) is 0 Å². The number of rotatable bonds is 5. The molecular weight excluding hydrogens is 340 g/mol. The largest absolute Gasteiger partial charge is 0.389 e. The first-order valence-electron chi connectivity index (χ1n) is 12.7. The van der Waals surface area contributed by atoms with Crippen LogP contribution in [0.25, 0.3) is 0 Å². The quantitative estimate of drug-likeness (QED) is 0.488. The SMILES string of the molecule is CC(C)CCC[C@H](C)[C@H]1CC[C@H]2[C@@H]3CC=C4[C@H](O)CCC[C@]4(C)[C@H]3CC[C@]12C. The van der Waals surface area contributed by atoms with Crippen molar-refractivity contribution in [1.29, 1.82) is 0 Å². The van der Waals surface area contributed by atoms with Gasteiger partial charge in [-0.05, 0) is 103 Å². The Morgan fingerprint density at radius 2 is 1.79 bits per heavy atom. The average Bonchev–Trinajstić information content (AvgIpc) is 2.98. The second-order valence-corrected chi connectivity index (χ2v) is 12.1. The zero-order chi connectivity index (χ0) is 20.1. The second kappa shape index (κ2) is 7.75. The van der Waals surface area contributed by atoms with Gasteiger partial charge >= 0.3 is 0 Å². The van der Waals surface area contributed by atoms with Gasteiger partial charge in [0, 0.05) is 0 Å². The van der Waals surface area contributed by atoms with Crippen LogP contribution in [0.1, 0.15) is 105 Å². The van der Waals surface area contributed by atoms with Gasteiger partial charge in [0.1, 0.15) is 0 Å². The number of aliphatic hydroxyl groups is 1. The van der Waals surface area contributed by atoms with Crippen LogP contribution in [0.4, 0.5) is 0 Å². The lowest BCUT2D eigenvalue weighted by Crippen LogP contribution is -2.51. The fourth-order valence-corrected chi connectivity index (χ4v) is 8.81. The predicted molar refractivity (Wildman–Crippen MR) is 119 cm³/mol. The molecule has 0 saturated heterocycles. The first-order valence-corrected chi connectivity index (χ1v) is 12.7. The van der Waals surface area contributed by atoms with E-state index in [1.165, 1.54) is 69.8 Å². The lowest BCUT2D eigenvalue weighted by Gasteiger charge is -2.58. The molecule has 0 heterocycles. The van der Waals surface area contributed by atoms with Crippen molar-refractivity contribution in [2.45, 2.75) is 111 Å². The van der Waals surface area contributed by atoms with E-state index in [0.717, 1.165) is 41.9 Å². The van der Waals surface area contributed by atoms with Crippen LogP contribution < -0.4 is 0 Å². The summed E-state index contributed by atoms with van der Waals surface area (Å²) in [7, 11) is 0. The summed E-state index contributed by atoms with van der Waals surface area (Å²) in [5.74, 6) is 5.33. The Morgan fingerprint density at radius 3 is 2.54 bits per heavy atom. The van der Waals surface area contributed by atoms with Crippen molar-refractivity contribution in [2.24, 2.45) is 46.3 Å². The Balaban J connectivity index is 1.50. The van der Waals surface area contributed by atoms with Crippen molar-refractivity contribution in [2.75, 3.05) is 0 Å². The van der Waals surface area contributed by atoms with Crippen LogP contribution in [-0.4, -0.2) is 11.2 Å². The molecule has 1 heteroatoms. The molecule has 4 aliphatic carbocycles. The molecule has 1 N–H and O–H groups in total. The van der Waals surface area contributed by atoms with E-state index in [2.05, 4.69) is 40.7 Å². The van der Waals surface area contributed by atoms with Crippen molar-refractivity contribution in [3.05, 3.63) is 11.6 Å². The number of hydrogen-bond acceptors (Lipinski definition) is 1. The predicted octanol–water partition coefficient (Wildman–Crippen LogP) is 7.39. The van der Waals surface area contributed by atoms with E-state index in [0.29, 0.717) is 10.8 Å². The van der Waals surface area contributed by atoms with E-state index in [4.69, 9.17) is 0 Å². The normalized spacial score (nSPS) is 46.5. The maximum atomic E-state index is 10.7. The standard InChI is InChI=1S/C27H46O/c1-18(2)8-6-9-19(3)21-13-14-22-20-11-12-24-25(28)10-7-16-26(24,4)23(20)15-17-27(21,22)5/h12,18-23,25,28H,6-11,13-17H2,1-5H3/t19-,20-,21+,22-,23-,25+,26+,27+/m0/s1. The molecule has 3 fully saturated rings. The van der Waals surface area contributed by atoms with Crippen LogP contribution in [0.5, 0.6) is 0 Å². The summed E-state index contributed by atoms with van der Waals surface area (Å²) in [5.41, 5.74) is 2.30. The highest BCUT2D eigenvalue weighted by Crippen LogP contribution is 2.67. The van der Waals surface area contributed by atoms with Gasteiger partial charge in [-0.3, -0.25) is 0 Å². The summed E-state index contributed by atoms with van der Waals surface area (Å²) < 4.78 is 0. The Labute approximate surface area is 174 Å². The average molecular weight is 387 g/mol. The summed E-state index contributed by atoms with van der Waals surface area (Å²) >= 11 is 0. The highest BCUT2D eigenvalue weighted by atomic mass is 16.3. The monoisotopic (exact) mass is 386 g/mol. The Kier molecular flexibility index (Phi) is 5.80. The fourth-order valence-electron chi connectivity index (χ4n) is 8.81. The Morgan fingerprint density at radius 1 is 1.00 bits per heavy atom. The van der Waals surface area contributed by atoms with Crippen molar-refractivity contribution in [3.63, 3.8) is 0 Å². The van der Waals surface area contributed by atoms with E-state index in [-0.39, 0.29) is 6.10 Å². The van der Waals surface area contributed by atoms with E-state index in [9.17, 15) is 5.11 Å². The van der Waals surface area contributed by atoms with Crippen LogP contribution in [0.3, 0.4) is 0 Å². The molecule has 160 valence electrons. The molecule has 0 bridgehead atoms. The lowest BCUT2D eigenvalue weighted by atomic mass is 9.47. The maximum absolute atomic E-state index is 10.7. The number of fused-ring (bicyclic) bond motifs is 5. The van der Waals surface area contributed by atoms with E-state index in [1.807, 2.05) is 0 Å². The van der Waals surface area contributed by atoms with Crippen molar-refractivity contribution in [1.82, 2.24) is 0 Å². The Hall–Kier alpha value is -0.300. The highest BCUT2D eigenvalue weighted by molar-refractivity contribution is 5.27. The van der Waals surface area contributed by atoms with Gasteiger partial charge < -0.3 is 5.11 Å². The number of hydrogen-bond donors (Lipinski definition) is 1. The molecule has 0 aromatic heterocycles. The number of aliphatic hydroxyl groups excluding tert-OH is 1. The molecule has 4 aliphatic rings. The van der Waals surface area contributed by atoms with Gasteiger partial charge in [0.2, 0.25) is 0 Å². The third-order valence-electron chi connectivity index (χ3n) is 10.3. The molecule has 8 atom stereocenters. The van der Waals surface area contributed by atoms with Gasteiger partial charge in [-0.15, -0.1) is 0 Å². The van der Waals surface area contributed by atoms with E-state index in [1.54, 1.807) is 0 Å². The molecule has 0 aromatic carbocycles. The molecular formula is C27H46O. The first-order chi connectivity index (χ1) is 13.3. The molecule has 0 aromatic rings. The van der Waals surface area contributed by atoms with Crippen molar-refractivity contribution in [3.8, 4) is 0 Å². The molecule has 0 aliphatic heterocycles. The maximum Gasteiger partial charge on any atom is 0.0755 e. The molecule has 0 spiro atoms. The van der Waals surface area contributed by atoms with Crippen LogP contribution in [0.2, 0.25) is 0 Å². The van der Waals surface area contributed by atoms with Gasteiger partial charge in [-0.2, -0.15) is 0 Å². The van der Waals surface area contributed by atoms with Crippen LogP contribution in [-0.2, 0) is 0 Å². The van der Waals surface area contributed by atoms with Gasteiger partial charge in [-0.1, -0.05) is 60.0 Å². The van der Waals surface area contributed by atoms with Crippen molar-refractivity contribution >= 4 is 0 Å². The highest BCUT2D eigenvalue weighted by Gasteiger charge is 2.59. The summed E-state index contributed by atoms with van der Waals surface area (Å²) in [4.78, 5) is 0. The summed E-state index contributed by atoms with van der Waals surface area (Å²) in [6, 6.07) is 0. The minimum absolute atomic E-state index is 0.148. The summed E-state index contributed by atoms with van der Waals surface area (Å²) in [5, 5.41) is 10.7. The molecule has 0 unspecified atom stereocenters. The molecule has 28 heavy (non-hydrogen) atoms.